The minimum atomic E-state index is -0.273. The van der Waals surface area contributed by atoms with E-state index in [4.69, 9.17) is 0 Å². The number of ketones is 1. The van der Waals surface area contributed by atoms with Gasteiger partial charge in [0, 0.05) is 6.42 Å². The fraction of sp³-hybridized carbons (Fsp3) is 0.312. The number of thiazole rings is 2. The van der Waals surface area contributed by atoms with Gasteiger partial charge in [0.1, 0.15) is 5.82 Å². The first-order valence-corrected chi connectivity index (χ1v) is 8.89. The molecule has 0 spiro atoms. The monoisotopic (exact) mass is 347 g/mol. The second kappa shape index (κ2) is 5.07. The number of anilines is 2. The molecule has 2 aromatic heterocycles. The van der Waals surface area contributed by atoms with Crippen LogP contribution < -0.4 is 5.32 Å². The Balaban J connectivity index is 1.65. The Bertz CT molecular complexity index is 929. The van der Waals surface area contributed by atoms with Gasteiger partial charge in [0.25, 0.3) is 0 Å². The van der Waals surface area contributed by atoms with Crippen LogP contribution in [0.15, 0.2) is 18.2 Å². The third-order valence-electron chi connectivity index (χ3n) is 3.80. The number of hydrogen-bond acceptors (Lipinski definition) is 6. The minimum Gasteiger partial charge on any atom is -0.307 e. The number of rotatable bonds is 2. The number of aromatic nitrogens is 2. The highest BCUT2D eigenvalue weighted by Gasteiger charge is 2.33. The number of carbonyl (C=O) groups is 1. The summed E-state index contributed by atoms with van der Waals surface area (Å²) in [6, 6.07) is 4.52. The second-order valence-corrected chi connectivity index (χ2v) is 8.52. The standard InChI is InChI=1S/C16H14FN3OS2/c1-16(2)6-10-13(11(21)7-16)23-15(19-10)20-14-18-9-4-3-8(17)5-12(9)22-14/h3-5H,6-7H2,1-2H3,(H,18,19,20). The summed E-state index contributed by atoms with van der Waals surface area (Å²) in [5.74, 6) is -0.113. The zero-order valence-electron chi connectivity index (χ0n) is 12.6. The van der Waals surface area contributed by atoms with Crippen molar-refractivity contribution in [2.75, 3.05) is 5.32 Å². The Morgan fingerprint density at radius 1 is 1.17 bits per heavy atom. The van der Waals surface area contributed by atoms with Crippen LogP contribution in [0.25, 0.3) is 10.2 Å². The van der Waals surface area contributed by atoms with Gasteiger partial charge in [-0.15, -0.1) is 0 Å². The van der Waals surface area contributed by atoms with Gasteiger partial charge in [0.2, 0.25) is 0 Å². The summed E-state index contributed by atoms with van der Waals surface area (Å²) < 4.78 is 14.0. The molecule has 0 aliphatic heterocycles. The predicted octanol–water partition coefficient (Wildman–Crippen LogP) is 4.79. The average molecular weight is 347 g/mol. The van der Waals surface area contributed by atoms with Crippen LogP contribution in [0.2, 0.25) is 0 Å². The van der Waals surface area contributed by atoms with E-state index in [1.54, 1.807) is 6.07 Å². The summed E-state index contributed by atoms with van der Waals surface area (Å²) in [6.45, 7) is 4.17. The molecule has 0 amide bonds. The van der Waals surface area contributed by atoms with Crippen molar-refractivity contribution in [2.45, 2.75) is 26.7 Å². The molecule has 0 saturated heterocycles. The zero-order chi connectivity index (χ0) is 16.2. The van der Waals surface area contributed by atoms with Gasteiger partial charge in [-0.3, -0.25) is 4.79 Å². The Morgan fingerprint density at radius 3 is 2.78 bits per heavy atom. The van der Waals surface area contributed by atoms with E-state index in [1.807, 2.05) is 0 Å². The molecule has 1 N–H and O–H groups in total. The molecular formula is C16H14FN3OS2. The molecule has 4 rings (SSSR count). The highest BCUT2D eigenvalue weighted by atomic mass is 32.1. The first-order valence-electron chi connectivity index (χ1n) is 7.26. The predicted molar refractivity (Wildman–Crippen MR) is 91.4 cm³/mol. The molecule has 1 aliphatic carbocycles. The molecule has 2 heterocycles. The number of fused-ring (bicyclic) bond motifs is 2. The van der Waals surface area contributed by atoms with Crippen molar-refractivity contribution in [3.63, 3.8) is 0 Å². The van der Waals surface area contributed by atoms with Crippen molar-refractivity contribution in [2.24, 2.45) is 5.41 Å². The third kappa shape index (κ3) is 2.74. The molecule has 7 heteroatoms. The Labute approximate surface area is 140 Å². The van der Waals surface area contributed by atoms with Gasteiger partial charge in [-0.2, -0.15) is 0 Å². The Kier molecular flexibility index (Phi) is 3.24. The molecule has 3 aromatic rings. The molecule has 0 radical (unpaired) electrons. The van der Waals surface area contributed by atoms with E-state index in [-0.39, 0.29) is 17.0 Å². The lowest BCUT2D eigenvalue weighted by atomic mass is 9.78. The lowest BCUT2D eigenvalue weighted by Gasteiger charge is -2.26. The maximum atomic E-state index is 13.3. The molecule has 4 nitrogen and oxygen atoms in total. The summed E-state index contributed by atoms with van der Waals surface area (Å²) in [5.41, 5.74) is 1.58. The topological polar surface area (TPSA) is 54.9 Å². The van der Waals surface area contributed by atoms with Crippen LogP contribution in [-0.2, 0) is 6.42 Å². The first-order chi connectivity index (χ1) is 10.9. The van der Waals surface area contributed by atoms with Crippen LogP contribution >= 0.6 is 22.7 Å². The summed E-state index contributed by atoms with van der Waals surface area (Å²) in [5, 5.41) is 4.48. The van der Waals surface area contributed by atoms with Gasteiger partial charge in [0.15, 0.2) is 16.0 Å². The third-order valence-corrected chi connectivity index (χ3v) is 5.79. The normalized spacial score (nSPS) is 16.6. The van der Waals surface area contributed by atoms with E-state index < -0.39 is 0 Å². The van der Waals surface area contributed by atoms with E-state index in [9.17, 15) is 9.18 Å². The molecule has 23 heavy (non-hydrogen) atoms. The van der Waals surface area contributed by atoms with Gasteiger partial charge >= 0.3 is 0 Å². The van der Waals surface area contributed by atoms with E-state index in [2.05, 4.69) is 29.1 Å². The van der Waals surface area contributed by atoms with Crippen LogP contribution in [0.4, 0.5) is 14.7 Å². The highest BCUT2D eigenvalue weighted by Crippen LogP contribution is 2.39. The molecule has 118 valence electrons. The summed E-state index contributed by atoms with van der Waals surface area (Å²) in [7, 11) is 0. The van der Waals surface area contributed by atoms with Gasteiger partial charge in [-0.1, -0.05) is 36.5 Å². The average Bonchev–Trinajstić information content (AvgIpc) is 3.00. The van der Waals surface area contributed by atoms with Crippen molar-refractivity contribution in [1.82, 2.24) is 9.97 Å². The van der Waals surface area contributed by atoms with Gasteiger partial charge in [-0.05, 0) is 30.0 Å². The number of nitrogens with one attached hydrogen (secondary N) is 1. The first kappa shape index (κ1) is 14.7. The van der Waals surface area contributed by atoms with Gasteiger partial charge in [-0.25, -0.2) is 14.4 Å². The lowest BCUT2D eigenvalue weighted by Crippen LogP contribution is -2.25. The van der Waals surface area contributed by atoms with Crippen molar-refractivity contribution >= 4 is 48.9 Å². The minimum absolute atomic E-state index is 0.0389. The largest absolute Gasteiger partial charge is 0.307 e. The summed E-state index contributed by atoms with van der Waals surface area (Å²) in [6.07, 6.45) is 1.36. The summed E-state index contributed by atoms with van der Waals surface area (Å²) in [4.78, 5) is 22.0. The lowest BCUT2D eigenvalue weighted by molar-refractivity contribution is 0.0916. The second-order valence-electron chi connectivity index (χ2n) is 6.49. The van der Waals surface area contributed by atoms with Crippen LogP contribution in [-0.4, -0.2) is 15.8 Å². The van der Waals surface area contributed by atoms with E-state index in [0.29, 0.717) is 16.7 Å². The zero-order valence-corrected chi connectivity index (χ0v) is 14.3. The number of halogens is 1. The summed E-state index contributed by atoms with van der Waals surface area (Å²) >= 11 is 2.75. The SMILES string of the molecule is CC1(C)CC(=O)c2sc(Nc3nc4ccc(F)cc4s3)nc2C1. The number of carbonyl (C=O) groups excluding carboxylic acids is 1. The van der Waals surface area contributed by atoms with E-state index >= 15 is 0 Å². The van der Waals surface area contributed by atoms with E-state index in [1.165, 1.54) is 34.8 Å². The number of hydrogen-bond donors (Lipinski definition) is 1. The van der Waals surface area contributed by atoms with Crippen molar-refractivity contribution < 1.29 is 9.18 Å². The smallest absolute Gasteiger partial charge is 0.190 e. The van der Waals surface area contributed by atoms with Crippen molar-refractivity contribution in [3.05, 3.63) is 34.6 Å². The Morgan fingerprint density at radius 2 is 1.96 bits per heavy atom. The molecule has 0 saturated carbocycles. The van der Waals surface area contributed by atoms with Gasteiger partial charge in [0.05, 0.1) is 20.8 Å². The van der Waals surface area contributed by atoms with Crippen LogP contribution in [0.5, 0.6) is 0 Å². The van der Waals surface area contributed by atoms with Crippen LogP contribution in [0.1, 0.15) is 35.6 Å². The maximum absolute atomic E-state index is 13.3. The molecule has 0 bridgehead atoms. The van der Waals surface area contributed by atoms with Crippen molar-refractivity contribution in [3.8, 4) is 0 Å². The molecule has 1 aromatic carbocycles. The van der Waals surface area contributed by atoms with E-state index in [0.717, 1.165) is 27.2 Å². The Hall–Kier alpha value is -1.86. The van der Waals surface area contributed by atoms with Crippen molar-refractivity contribution in [1.29, 1.82) is 0 Å². The van der Waals surface area contributed by atoms with Crippen LogP contribution in [0.3, 0.4) is 0 Å². The number of Topliss-reactive ketones (excluding diaryl/α,β-unsaturated/α-hetero) is 1. The van der Waals surface area contributed by atoms with Gasteiger partial charge < -0.3 is 5.32 Å². The molecular weight excluding hydrogens is 333 g/mol. The van der Waals surface area contributed by atoms with Crippen LogP contribution in [0, 0.1) is 11.2 Å². The fourth-order valence-corrected chi connectivity index (χ4v) is 4.69. The fourth-order valence-electron chi connectivity index (χ4n) is 2.82. The molecule has 1 aliphatic rings. The molecule has 0 fully saturated rings. The number of benzene rings is 1. The highest BCUT2D eigenvalue weighted by molar-refractivity contribution is 7.23. The molecule has 0 unspecified atom stereocenters. The number of nitrogens with zero attached hydrogens (tertiary/aromatic N) is 2. The maximum Gasteiger partial charge on any atom is 0.190 e. The quantitative estimate of drug-likeness (QED) is 0.724. The molecule has 0 atom stereocenters.